The van der Waals surface area contributed by atoms with Gasteiger partial charge in [-0.25, -0.2) is 14.8 Å². The Bertz CT molecular complexity index is 1520. The number of hydrazone groups is 1. The van der Waals surface area contributed by atoms with Gasteiger partial charge in [-0.05, 0) is 60.1 Å². The zero-order chi connectivity index (χ0) is 29.6. The van der Waals surface area contributed by atoms with Crippen molar-refractivity contribution in [2.75, 3.05) is 17.7 Å². The second-order valence-electron chi connectivity index (χ2n) is 8.71. The van der Waals surface area contributed by atoms with Crippen LogP contribution >= 0.6 is 23.4 Å². The highest BCUT2D eigenvalue weighted by atomic mass is 35.5. The second kappa shape index (κ2) is 13.0. The Labute approximate surface area is 243 Å². The van der Waals surface area contributed by atoms with Crippen LogP contribution in [0.25, 0.3) is 0 Å². The van der Waals surface area contributed by atoms with Crippen LogP contribution in [0.2, 0.25) is 5.02 Å². The normalized spacial score (nSPS) is 16.1. The summed E-state index contributed by atoms with van der Waals surface area (Å²) in [7, 11) is 1.77. The number of carbonyl (C=O) groups excluding carboxylic acids is 1. The number of alkyl halides is 3. The molecule has 2 N–H and O–H groups in total. The lowest BCUT2D eigenvalue weighted by Crippen LogP contribution is -2.43. The third kappa shape index (κ3) is 7.95. The number of amidine groups is 2. The summed E-state index contributed by atoms with van der Waals surface area (Å²) in [5.41, 5.74) is 9.39. The Kier molecular flexibility index (Phi) is 9.46. The van der Waals surface area contributed by atoms with Crippen LogP contribution in [0.15, 0.2) is 81.8 Å². The molecule has 4 rings (SSSR count). The van der Waals surface area contributed by atoms with E-state index in [1.165, 1.54) is 30.2 Å². The lowest BCUT2D eigenvalue weighted by molar-refractivity contribution is -0.499. The minimum absolute atomic E-state index is 0.0489. The molecule has 1 aliphatic rings. The molecule has 1 saturated heterocycles. The number of hydrogen-bond acceptors (Lipinski definition) is 5. The number of ether oxygens (including phenoxy) is 1. The predicted molar refractivity (Wildman–Crippen MR) is 158 cm³/mol. The van der Waals surface area contributed by atoms with E-state index >= 15 is 0 Å². The number of carbonyl (C=O) groups is 1. The molecule has 0 bridgehead atoms. The van der Waals surface area contributed by atoms with Gasteiger partial charge in [0.1, 0.15) is 25.0 Å². The zero-order valence-corrected chi connectivity index (χ0v) is 23.5. The second-order valence-corrected chi connectivity index (χ2v) is 10.2. The molecule has 212 valence electrons. The van der Waals surface area contributed by atoms with Crippen molar-refractivity contribution in [3.8, 4) is 5.75 Å². The fraction of sp³-hybridized carbons (Fsp3) is 0.179. The number of amides is 1. The number of benzene rings is 3. The topological polar surface area (TPSA) is 95.7 Å². The van der Waals surface area contributed by atoms with Crippen LogP contribution < -0.4 is 15.4 Å². The quantitative estimate of drug-likeness (QED) is 0.153. The summed E-state index contributed by atoms with van der Waals surface area (Å²) >= 11 is 7.98. The first kappa shape index (κ1) is 29.8. The van der Waals surface area contributed by atoms with Gasteiger partial charge in [0.05, 0.1) is 23.3 Å². The van der Waals surface area contributed by atoms with Gasteiger partial charge in [0.15, 0.2) is 5.69 Å². The van der Waals surface area contributed by atoms with Gasteiger partial charge in [0.25, 0.3) is 0 Å². The Morgan fingerprint density at radius 1 is 1.12 bits per heavy atom. The van der Waals surface area contributed by atoms with Crippen LogP contribution in [0.3, 0.4) is 0 Å². The van der Waals surface area contributed by atoms with E-state index in [2.05, 4.69) is 19.8 Å². The number of halogens is 4. The summed E-state index contributed by atoms with van der Waals surface area (Å²) < 4.78 is 42.3. The highest BCUT2D eigenvalue weighted by Gasteiger charge is 2.38. The third-order valence-corrected chi connectivity index (χ3v) is 7.16. The van der Waals surface area contributed by atoms with Crippen molar-refractivity contribution < 1.29 is 27.4 Å². The van der Waals surface area contributed by atoms with E-state index in [9.17, 15) is 18.0 Å². The fourth-order valence-electron chi connectivity index (χ4n) is 3.79. The Morgan fingerprint density at radius 3 is 2.49 bits per heavy atom. The maximum atomic E-state index is 12.9. The molecule has 13 heteroatoms. The summed E-state index contributed by atoms with van der Waals surface area (Å²) in [5.74, 6) is 0.450. The van der Waals surface area contributed by atoms with Crippen LogP contribution in [0.5, 0.6) is 5.75 Å². The molecule has 0 saturated carbocycles. The van der Waals surface area contributed by atoms with Crippen LogP contribution in [0.1, 0.15) is 23.1 Å². The number of aliphatic imine (C=N–C) groups is 2. The smallest absolute Gasteiger partial charge is 0.406 e. The maximum Gasteiger partial charge on any atom is 0.573 e. The molecule has 1 fully saturated rings. The molecular weight excluding hydrogens is 577 g/mol. The number of hydrogen-bond donors (Lipinski definition) is 1. The lowest BCUT2D eigenvalue weighted by atomic mass is 10.1. The molecule has 0 unspecified atom stereocenters. The summed E-state index contributed by atoms with van der Waals surface area (Å²) in [6.45, 7) is 1.91. The zero-order valence-electron chi connectivity index (χ0n) is 22.0. The highest BCUT2D eigenvalue weighted by molar-refractivity contribution is 8.14. The van der Waals surface area contributed by atoms with Crippen molar-refractivity contribution in [1.29, 1.82) is 0 Å². The molecular formula is C28H25ClF3N6O2S+. The van der Waals surface area contributed by atoms with Gasteiger partial charge in [-0.3, -0.25) is 0 Å². The fourth-order valence-corrected chi connectivity index (χ4v) is 5.11. The number of aryl methyl sites for hydroxylation is 1. The number of para-hydroxylation sites is 1. The van der Waals surface area contributed by atoms with E-state index < -0.39 is 6.36 Å². The summed E-state index contributed by atoms with van der Waals surface area (Å²) in [5, 5.41) is 5.68. The molecule has 0 aromatic heterocycles. The van der Waals surface area contributed by atoms with Crippen molar-refractivity contribution in [1.82, 2.24) is 0 Å². The minimum Gasteiger partial charge on any atom is -0.406 e. The molecule has 0 atom stereocenters. The van der Waals surface area contributed by atoms with Gasteiger partial charge in [-0.2, -0.15) is 4.90 Å². The van der Waals surface area contributed by atoms with E-state index in [0.717, 1.165) is 23.3 Å². The molecule has 0 aliphatic carbocycles. The van der Waals surface area contributed by atoms with E-state index in [0.29, 0.717) is 39.3 Å². The first-order chi connectivity index (χ1) is 19.5. The van der Waals surface area contributed by atoms with Gasteiger partial charge >= 0.3 is 17.4 Å². The van der Waals surface area contributed by atoms with Crippen LogP contribution in [0, 0.1) is 6.92 Å². The van der Waals surface area contributed by atoms with Gasteiger partial charge in [-0.15, -0.1) is 17.9 Å². The molecule has 3 aromatic carbocycles. The van der Waals surface area contributed by atoms with E-state index in [1.54, 1.807) is 41.0 Å². The summed E-state index contributed by atoms with van der Waals surface area (Å²) in [6, 6.07) is 17.7. The number of nitrogens with zero attached hydrogens (tertiary/aromatic N) is 5. The van der Waals surface area contributed by atoms with Gasteiger partial charge in [-0.1, -0.05) is 53.1 Å². The van der Waals surface area contributed by atoms with Crippen LogP contribution in [-0.2, 0) is 4.79 Å². The predicted octanol–water partition coefficient (Wildman–Crippen LogP) is 6.11. The average Bonchev–Trinajstić information content (AvgIpc) is 2.92. The minimum atomic E-state index is -4.76. The Morgan fingerprint density at radius 2 is 1.83 bits per heavy atom. The molecule has 41 heavy (non-hydrogen) atoms. The van der Waals surface area contributed by atoms with E-state index in [1.807, 2.05) is 31.2 Å². The average molecular weight is 602 g/mol. The standard InChI is InChI=1S/C28H25ClF3N6O2S/c1-18-4-3-5-23(29)25(18)38-24(39)14-15-41-27(38)37(2)36-16-19-6-8-20(9-7-19)26(33)35-17-34-21-10-12-22(13-11-21)40-28(30,31)32/h3-13,16-17H,14-15H2,1-2H3,(H2,33,34,35)/q+1. The van der Waals surface area contributed by atoms with Crippen molar-refractivity contribution in [2.45, 2.75) is 19.7 Å². The number of anilines is 1. The van der Waals surface area contributed by atoms with Crippen molar-refractivity contribution in [3.05, 3.63) is 88.4 Å². The molecule has 1 amide bonds. The van der Waals surface area contributed by atoms with Gasteiger partial charge in [0.2, 0.25) is 0 Å². The highest BCUT2D eigenvalue weighted by Crippen LogP contribution is 2.34. The Hall–Kier alpha value is -4.16. The largest absolute Gasteiger partial charge is 0.573 e. The Balaban J connectivity index is 1.45. The van der Waals surface area contributed by atoms with Crippen molar-refractivity contribution >= 4 is 64.2 Å². The summed E-state index contributed by atoms with van der Waals surface area (Å²) in [4.78, 5) is 22.7. The molecule has 3 aromatic rings. The SMILES string of the molecule is Cc1cccc(Cl)c1N1C(=O)CCSC1=[N+](C)N=Cc1ccc(C(N)=NC=Nc2ccc(OC(F)(F)F)cc2)cc1. The molecule has 1 aliphatic heterocycles. The third-order valence-electron chi connectivity index (χ3n) is 5.74. The van der Waals surface area contributed by atoms with E-state index in [4.69, 9.17) is 17.3 Å². The first-order valence-electron chi connectivity index (χ1n) is 12.2. The number of nitrogens with two attached hydrogens (primary N) is 1. The molecule has 1 heterocycles. The molecule has 0 radical (unpaired) electrons. The van der Waals surface area contributed by atoms with Crippen molar-refractivity contribution in [3.63, 3.8) is 0 Å². The monoisotopic (exact) mass is 601 g/mol. The van der Waals surface area contributed by atoms with E-state index in [-0.39, 0.29) is 17.5 Å². The molecule has 8 nitrogen and oxygen atoms in total. The van der Waals surface area contributed by atoms with Gasteiger partial charge < -0.3 is 10.5 Å². The molecule has 0 spiro atoms. The number of thioether (sulfide) groups is 1. The first-order valence-corrected chi connectivity index (χ1v) is 13.6. The van der Waals surface area contributed by atoms with Crippen LogP contribution in [-0.4, -0.2) is 53.3 Å². The maximum absolute atomic E-state index is 12.9. The van der Waals surface area contributed by atoms with Gasteiger partial charge in [0, 0.05) is 11.3 Å². The van der Waals surface area contributed by atoms with Crippen molar-refractivity contribution in [2.24, 2.45) is 20.8 Å². The number of rotatable bonds is 7. The van der Waals surface area contributed by atoms with Crippen LogP contribution in [0.4, 0.5) is 24.5 Å². The lowest BCUT2D eigenvalue weighted by Gasteiger charge is -2.23. The summed E-state index contributed by atoms with van der Waals surface area (Å²) in [6.07, 6.45) is -1.48.